The number of hydrogen-bond donors (Lipinski definition) is 0. The van der Waals surface area contributed by atoms with Gasteiger partial charge < -0.3 is 23.0 Å². The third kappa shape index (κ3) is 9.70. The van der Waals surface area contributed by atoms with Crippen molar-refractivity contribution in [1.29, 1.82) is 0 Å². The highest BCUT2D eigenvalue weighted by molar-refractivity contribution is 7.78. The van der Waals surface area contributed by atoms with Gasteiger partial charge in [-0.3, -0.25) is 18.7 Å². The fourth-order valence-corrected chi connectivity index (χ4v) is 9.45. The summed E-state index contributed by atoms with van der Waals surface area (Å²) < 4.78 is 55.0. The molecule has 2 aromatic carbocycles. The van der Waals surface area contributed by atoms with Gasteiger partial charge in [0.1, 0.15) is 18.3 Å². The average molecular weight is 583 g/mol. The zero-order valence-corrected chi connectivity index (χ0v) is 25.4. The predicted molar refractivity (Wildman–Crippen MR) is 151 cm³/mol. The summed E-state index contributed by atoms with van der Waals surface area (Å²) in [5.41, 5.74) is 0.420. The van der Waals surface area contributed by atoms with Crippen LogP contribution < -0.4 is 10.0 Å². The van der Waals surface area contributed by atoms with E-state index in [2.05, 4.69) is 0 Å². The van der Waals surface area contributed by atoms with Crippen molar-refractivity contribution in [3.05, 3.63) is 59.7 Å². The predicted octanol–water partition coefficient (Wildman–Crippen LogP) is 6.58. The van der Waals surface area contributed by atoms with Crippen molar-refractivity contribution in [1.82, 2.24) is 0 Å². The molecular weight excluding hydrogens is 542 g/mol. The van der Waals surface area contributed by atoms with E-state index < -0.39 is 38.2 Å². The van der Waals surface area contributed by atoms with Crippen LogP contribution in [0.5, 0.6) is 5.75 Å². The monoisotopic (exact) mass is 582 g/mol. The molecule has 11 heteroatoms. The maximum atomic E-state index is 14.2. The van der Waals surface area contributed by atoms with Gasteiger partial charge in [0.15, 0.2) is 0 Å². The molecule has 1 atom stereocenters. The van der Waals surface area contributed by atoms with Crippen LogP contribution in [0.25, 0.3) is 0 Å². The van der Waals surface area contributed by atoms with Crippen LogP contribution in [0.4, 0.5) is 0 Å². The highest BCUT2D eigenvalue weighted by Gasteiger charge is 2.40. The van der Waals surface area contributed by atoms with Gasteiger partial charge in [-0.05, 0) is 44.5 Å². The minimum Gasteiger partial charge on any atom is -0.461 e. The molecule has 2 aromatic rings. The fraction of sp³-hybridized carbons (Fsp3) is 0.500. The largest absolute Gasteiger partial charge is 0.461 e. The van der Waals surface area contributed by atoms with E-state index in [0.717, 1.165) is 5.56 Å². The maximum absolute atomic E-state index is 14.2. The van der Waals surface area contributed by atoms with Crippen molar-refractivity contribution in [3.8, 4) is 5.75 Å². The minimum atomic E-state index is -3.77. The van der Waals surface area contributed by atoms with Gasteiger partial charge >= 0.3 is 19.5 Å². The fourth-order valence-electron chi connectivity index (χ4n) is 3.93. The van der Waals surface area contributed by atoms with Crippen molar-refractivity contribution in [2.75, 3.05) is 25.7 Å². The van der Waals surface area contributed by atoms with Gasteiger partial charge in [-0.15, -0.1) is 0 Å². The Kier molecular flexibility index (Phi) is 12.6. The zero-order chi connectivity index (χ0) is 29.1. The lowest BCUT2D eigenvalue weighted by Gasteiger charge is -2.29. The first kappa shape index (κ1) is 32.9. The lowest BCUT2D eigenvalue weighted by Crippen LogP contribution is -2.26. The Morgan fingerprint density at radius 2 is 1.44 bits per heavy atom. The SMILES string of the molecule is CCOP(=O)(CP(=O)(OCC)c1ccc(OC(=O)CC)c(C(C)(C)CC(=O)OCc2ccccc2)c1)OCC. The molecule has 0 aliphatic heterocycles. The molecule has 0 fully saturated rings. The molecule has 216 valence electrons. The molecule has 0 spiro atoms. The van der Waals surface area contributed by atoms with Gasteiger partial charge in [-0.25, -0.2) is 0 Å². The molecular formula is C28H40O9P2. The summed E-state index contributed by atoms with van der Waals surface area (Å²) >= 11 is 0. The van der Waals surface area contributed by atoms with Gasteiger partial charge in [-0.2, -0.15) is 0 Å². The van der Waals surface area contributed by atoms with E-state index >= 15 is 0 Å². The first-order valence-electron chi connectivity index (χ1n) is 13.1. The van der Waals surface area contributed by atoms with Crippen molar-refractivity contribution < 1.29 is 41.8 Å². The molecule has 0 N–H and O–H groups in total. The van der Waals surface area contributed by atoms with E-state index in [0.29, 0.717) is 5.56 Å². The molecule has 9 nitrogen and oxygen atoms in total. The minimum absolute atomic E-state index is 0.0463. The first-order chi connectivity index (χ1) is 18.4. The normalized spacial score (nSPS) is 13.5. The second-order valence-corrected chi connectivity index (χ2v) is 14.4. The summed E-state index contributed by atoms with van der Waals surface area (Å²) in [5, 5.41) is 0.251. The molecule has 0 saturated heterocycles. The van der Waals surface area contributed by atoms with Gasteiger partial charge in [0, 0.05) is 22.7 Å². The van der Waals surface area contributed by atoms with E-state index in [4.69, 9.17) is 23.0 Å². The van der Waals surface area contributed by atoms with Crippen LogP contribution in [-0.2, 0) is 49.0 Å². The number of benzene rings is 2. The van der Waals surface area contributed by atoms with Crippen molar-refractivity contribution in [2.45, 2.75) is 66.4 Å². The highest BCUT2D eigenvalue weighted by atomic mass is 31.2. The van der Waals surface area contributed by atoms with Crippen molar-refractivity contribution in [2.24, 2.45) is 0 Å². The summed E-state index contributed by atoms with van der Waals surface area (Å²) in [6.45, 7) is 10.7. The number of hydrogen-bond acceptors (Lipinski definition) is 9. The number of ether oxygens (including phenoxy) is 2. The highest BCUT2D eigenvalue weighted by Crippen LogP contribution is 2.63. The van der Waals surface area contributed by atoms with Gasteiger partial charge in [0.05, 0.1) is 26.2 Å². The van der Waals surface area contributed by atoms with Crippen LogP contribution in [0.1, 0.15) is 65.5 Å². The molecule has 39 heavy (non-hydrogen) atoms. The molecule has 0 amide bonds. The van der Waals surface area contributed by atoms with Gasteiger partial charge in [0.25, 0.3) is 0 Å². The number of rotatable bonds is 16. The zero-order valence-electron chi connectivity index (χ0n) is 23.6. The number of esters is 2. The lowest BCUT2D eigenvalue weighted by atomic mass is 9.81. The third-order valence-electron chi connectivity index (χ3n) is 5.78. The summed E-state index contributed by atoms with van der Waals surface area (Å²) in [4.78, 5) is 25.0. The Morgan fingerprint density at radius 1 is 0.821 bits per heavy atom. The van der Waals surface area contributed by atoms with Crippen LogP contribution >= 0.6 is 15.0 Å². The van der Waals surface area contributed by atoms with E-state index in [9.17, 15) is 18.7 Å². The molecule has 2 rings (SSSR count). The van der Waals surface area contributed by atoms with E-state index in [1.165, 1.54) is 12.1 Å². The summed E-state index contributed by atoms with van der Waals surface area (Å²) in [6.07, 6.45) is 0.0966. The average Bonchev–Trinajstić information content (AvgIpc) is 2.88. The maximum Gasteiger partial charge on any atom is 0.340 e. The Balaban J connectivity index is 2.48. The standard InChI is InChI=1S/C28H40O9P2/c1-7-26(29)37-25-17-16-23(38(31,34-8-2)21-39(32,35-9-3)36-10-4)18-24(25)28(5,6)19-27(30)33-20-22-14-12-11-13-15-22/h11-18H,7-10,19-21H2,1-6H3. The topological polar surface area (TPSA) is 114 Å². The summed E-state index contributed by atoms with van der Waals surface area (Å²) in [7, 11) is -7.51. The summed E-state index contributed by atoms with van der Waals surface area (Å²) in [5.74, 6) is -1.14. The van der Waals surface area contributed by atoms with Gasteiger partial charge in [-0.1, -0.05) is 51.1 Å². The Morgan fingerprint density at radius 3 is 2.00 bits per heavy atom. The smallest absolute Gasteiger partial charge is 0.340 e. The van der Waals surface area contributed by atoms with Crippen molar-refractivity contribution >= 4 is 32.2 Å². The quantitative estimate of drug-likeness (QED) is 0.123. The van der Waals surface area contributed by atoms with E-state index in [1.807, 2.05) is 30.3 Å². The van der Waals surface area contributed by atoms with Gasteiger partial charge in [0.2, 0.25) is 7.37 Å². The molecule has 0 aromatic heterocycles. The van der Waals surface area contributed by atoms with Crippen LogP contribution in [0.2, 0.25) is 0 Å². The molecule has 0 saturated carbocycles. The molecule has 0 aliphatic carbocycles. The summed E-state index contributed by atoms with van der Waals surface area (Å²) in [6, 6.07) is 13.9. The van der Waals surface area contributed by atoms with E-state index in [-0.39, 0.29) is 50.3 Å². The van der Waals surface area contributed by atoms with Crippen molar-refractivity contribution in [3.63, 3.8) is 0 Å². The van der Waals surface area contributed by atoms with Crippen LogP contribution in [-0.4, -0.2) is 37.7 Å². The Bertz CT molecular complexity index is 1180. The van der Waals surface area contributed by atoms with Crippen LogP contribution in [0.15, 0.2) is 48.5 Å². The molecule has 0 heterocycles. The number of carbonyl (C=O) groups is 2. The Labute approximate surface area is 231 Å². The Hall–Kier alpha value is -2.28. The molecule has 0 aliphatic rings. The third-order valence-corrected chi connectivity index (χ3v) is 11.7. The second kappa shape index (κ2) is 14.9. The second-order valence-electron chi connectivity index (χ2n) is 9.39. The van der Waals surface area contributed by atoms with E-state index in [1.54, 1.807) is 47.6 Å². The number of carbonyl (C=O) groups excluding carboxylic acids is 2. The first-order valence-corrected chi connectivity index (χ1v) is 16.6. The van der Waals surface area contributed by atoms with Crippen LogP contribution in [0.3, 0.4) is 0 Å². The lowest BCUT2D eigenvalue weighted by molar-refractivity contribution is -0.146. The molecule has 1 unspecified atom stereocenters. The molecule has 0 bridgehead atoms. The molecule has 0 radical (unpaired) electrons. The van der Waals surface area contributed by atoms with Crippen LogP contribution in [0, 0.1) is 0 Å².